The summed E-state index contributed by atoms with van der Waals surface area (Å²) in [6, 6.07) is -2.59. The lowest BCUT2D eigenvalue weighted by atomic mass is 9.72. The molecule has 4 N–H and O–H groups in total. The molecule has 0 bridgehead atoms. The first kappa shape index (κ1) is 28.3. The minimum atomic E-state index is -1.43. The van der Waals surface area contributed by atoms with Crippen LogP contribution < -0.4 is 5.32 Å². The molecular formula is C26H38N2O5. The van der Waals surface area contributed by atoms with Gasteiger partial charge in [0, 0.05) is 6.21 Å². The average Bonchev–Trinajstić information content (AvgIpc) is 2.73. The Morgan fingerprint density at radius 1 is 1.12 bits per heavy atom. The quantitative estimate of drug-likeness (QED) is 0.279. The van der Waals surface area contributed by atoms with Gasteiger partial charge in [-0.15, -0.1) is 0 Å². The Labute approximate surface area is 197 Å². The van der Waals surface area contributed by atoms with Crippen LogP contribution in [0.3, 0.4) is 0 Å². The number of allylic oxidation sites excluding steroid dienone is 10. The summed E-state index contributed by atoms with van der Waals surface area (Å²) >= 11 is 0. The monoisotopic (exact) mass is 458 g/mol. The summed E-state index contributed by atoms with van der Waals surface area (Å²) in [5.41, 5.74) is 5.12. The number of rotatable bonds is 11. The van der Waals surface area contributed by atoms with Crippen molar-refractivity contribution in [2.45, 2.75) is 66.0 Å². The predicted molar refractivity (Wildman–Crippen MR) is 132 cm³/mol. The molecule has 0 fully saturated rings. The van der Waals surface area contributed by atoms with Crippen molar-refractivity contribution in [1.29, 1.82) is 0 Å². The average molecular weight is 459 g/mol. The number of aliphatic imine (C=N–C) groups is 1. The summed E-state index contributed by atoms with van der Waals surface area (Å²) in [4.78, 5) is 26.9. The molecule has 1 aliphatic carbocycles. The van der Waals surface area contributed by atoms with Crippen LogP contribution in [0.4, 0.5) is 0 Å². The number of carbonyl (C=O) groups is 2. The van der Waals surface area contributed by atoms with Gasteiger partial charge in [0.15, 0.2) is 6.04 Å². The number of carboxylic acids is 1. The Bertz CT molecular complexity index is 875. The lowest BCUT2D eigenvalue weighted by molar-refractivity contribution is -0.143. The molecular weight excluding hydrogens is 420 g/mol. The van der Waals surface area contributed by atoms with Gasteiger partial charge in [0.05, 0.1) is 13.2 Å². The highest BCUT2D eigenvalue weighted by molar-refractivity contribution is 5.88. The predicted octanol–water partition coefficient (Wildman–Crippen LogP) is 3.51. The molecule has 0 heterocycles. The van der Waals surface area contributed by atoms with E-state index in [0.29, 0.717) is 0 Å². The Kier molecular flexibility index (Phi) is 11.7. The van der Waals surface area contributed by atoms with E-state index in [0.717, 1.165) is 17.6 Å². The number of nitrogens with zero attached hydrogens (tertiary/aromatic N) is 1. The third-order valence-electron chi connectivity index (χ3n) is 5.65. The van der Waals surface area contributed by atoms with Crippen LogP contribution in [0.25, 0.3) is 0 Å². The third-order valence-corrected chi connectivity index (χ3v) is 5.65. The van der Waals surface area contributed by atoms with Gasteiger partial charge in [-0.25, -0.2) is 4.79 Å². The molecule has 0 aliphatic heterocycles. The van der Waals surface area contributed by atoms with Gasteiger partial charge in [-0.1, -0.05) is 55.4 Å². The van der Waals surface area contributed by atoms with Crippen LogP contribution in [0.1, 0.15) is 53.9 Å². The van der Waals surface area contributed by atoms with Crippen molar-refractivity contribution in [2.24, 2.45) is 10.4 Å². The summed E-state index contributed by atoms with van der Waals surface area (Å²) in [7, 11) is 0. The third kappa shape index (κ3) is 9.72. The molecule has 0 aromatic rings. The maximum absolute atomic E-state index is 12.0. The van der Waals surface area contributed by atoms with Crippen molar-refractivity contribution < 1.29 is 24.9 Å². The fourth-order valence-electron chi connectivity index (χ4n) is 3.60. The standard InChI is InChI=1S/C26H38N2O5/c1-18(11-12-21-20(3)10-7-14-26(21,4)5)8-6-9-19(2)13-15-27-22(16-29)24(31)28-23(17-30)25(32)33/h6,8-9,11-13,15,22-23,29-30H,7,10,14,16-17H2,1-5H3,(H,28,31)(H,32,33)/b9-6+,12-11+,18-8+,19-13+,27-15-/t22-,23-/m0/s1. The molecule has 33 heavy (non-hydrogen) atoms. The molecule has 0 saturated heterocycles. The number of aliphatic hydroxyl groups is 2. The van der Waals surface area contributed by atoms with Gasteiger partial charge in [0.2, 0.25) is 5.91 Å². The van der Waals surface area contributed by atoms with Crippen LogP contribution >= 0.6 is 0 Å². The second-order valence-electron chi connectivity index (χ2n) is 9.02. The van der Waals surface area contributed by atoms with Crippen molar-refractivity contribution in [3.63, 3.8) is 0 Å². The first-order chi connectivity index (χ1) is 15.5. The van der Waals surface area contributed by atoms with Gasteiger partial charge in [-0.05, 0) is 62.7 Å². The van der Waals surface area contributed by atoms with E-state index in [1.54, 1.807) is 6.08 Å². The van der Waals surface area contributed by atoms with Crippen LogP contribution in [-0.4, -0.2) is 58.7 Å². The van der Waals surface area contributed by atoms with E-state index in [4.69, 9.17) is 10.2 Å². The minimum absolute atomic E-state index is 0.212. The van der Waals surface area contributed by atoms with Gasteiger partial charge < -0.3 is 20.6 Å². The first-order valence-electron chi connectivity index (χ1n) is 11.2. The second kappa shape index (κ2) is 13.7. The van der Waals surface area contributed by atoms with Crippen molar-refractivity contribution in [3.05, 3.63) is 58.7 Å². The molecule has 182 valence electrons. The van der Waals surface area contributed by atoms with E-state index in [1.165, 1.54) is 30.2 Å². The lowest BCUT2D eigenvalue weighted by Gasteiger charge is -2.32. The number of amides is 1. The molecule has 0 radical (unpaired) electrons. The Balaban J connectivity index is 2.72. The fourth-order valence-corrected chi connectivity index (χ4v) is 3.60. The largest absolute Gasteiger partial charge is 0.480 e. The van der Waals surface area contributed by atoms with Crippen molar-refractivity contribution in [3.8, 4) is 0 Å². The number of nitrogens with one attached hydrogen (secondary N) is 1. The Hall–Kier alpha value is -2.77. The van der Waals surface area contributed by atoms with Crippen molar-refractivity contribution in [2.75, 3.05) is 13.2 Å². The molecule has 7 nitrogen and oxygen atoms in total. The SMILES string of the molecule is CC1=C(/C=C/C(C)=C/C=C/C(C)=C/C=N\[C@@H](CO)C(=O)N[C@@H](CO)C(=O)O)C(C)(C)CCC1. The number of carbonyl (C=O) groups excluding carboxylic acids is 1. The molecule has 2 atom stereocenters. The molecule has 0 unspecified atom stereocenters. The molecule has 7 heteroatoms. The number of aliphatic carboxylic acids is 1. The summed E-state index contributed by atoms with van der Waals surface area (Å²) in [6.45, 7) is 9.41. The molecule has 1 rings (SSSR count). The first-order valence-corrected chi connectivity index (χ1v) is 11.2. The number of aliphatic hydroxyl groups excluding tert-OH is 2. The molecule has 0 aromatic carbocycles. The number of hydrogen-bond acceptors (Lipinski definition) is 5. The smallest absolute Gasteiger partial charge is 0.328 e. The Morgan fingerprint density at radius 2 is 1.79 bits per heavy atom. The van der Waals surface area contributed by atoms with Gasteiger partial charge in [-0.3, -0.25) is 9.79 Å². The van der Waals surface area contributed by atoms with Gasteiger partial charge in [0.25, 0.3) is 0 Å². The van der Waals surface area contributed by atoms with Gasteiger partial charge in [0.1, 0.15) is 6.04 Å². The van der Waals surface area contributed by atoms with Crippen LogP contribution in [0.5, 0.6) is 0 Å². The molecule has 0 saturated carbocycles. The van der Waals surface area contributed by atoms with E-state index >= 15 is 0 Å². The van der Waals surface area contributed by atoms with E-state index in [-0.39, 0.29) is 5.41 Å². The highest BCUT2D eigenvalue weighted by atomic mass is 16.4. The zero-order valence-electron chi connectivity index (χ0n) is 20.3. The van der Waals surface area contributed by atoms with Crippen LogP contribution in [-0.2, 0) is 9.59 Å². The van der Waals surface area contributed by atoms with Crippen molar-refractivity contribution in [1.82, 2.24) is 5.32 Å². The summed E-state index contributed by atoms with van der Waals surface area (Å²) in [5.74, 6) is -2.13. The molecule has 0 spiro atoms. The van der Waals surface area contributed by atoms with E-state index in [2.05, 4.69) is 43.2 Å². The maximum atomic E-state index is 12.0. The number of carboxylic acid groups (broad SMARTS) is 1. The molecule has 0 aromatic heterocycles. The van der Waals surface area contributed by atoms with Crippen LogP contribution in [0.2, 0.25) is 0 Å². The normalized spacial score (nSPS) is 19.5. The summed E-state index contributed by atoms with van der Waals surface area (Å²) < 4.78 is 0. The summed E-state index contributed by atoms with van der Waals surface area (Å²) in [6.07, 6.45) is 16.9. The van der Waals surface area contributed by atoms with E-state index < -0.39 is 37.2 Å². The topological polar surface area (TPSA) is 119 Å². The second-order valence-corrected chi connectivity index (χ2v) is 9.02. The lowest BCUT2D eigenvalue weighted by Crippen LogP contribution is -2.47. The number of hydrogen-bond donors (Lipinski definition) is 4. The Morgan fingerprint density at radius 3 is 2.36 bits per heavy atom. The van der Waals surface area contributed by atoms with Crippen molar-refractivity contribution >= 4 is 18.1 Å². The van der Waals surface area contributed by atoms with Gasteiger partial charge in [-0.2, -0.15) is 0 Å². The van der Waals surface area contributed by atoms with E-state index in [9.17, 15) is 14.7 Å². The van der Waals surface area contributed by atoms with E-state index in [1.807, 2.05) is 32.1 Å². The zero-order chi connectivity index (χ0) is 25.0. The highest BCUT2D eigenvalue weighted by Crippen LogP contribution is 2.40. The van der Waals surface area contributed by atoms with Crippen LogP contribution in [0.15, 0.2) is 63.7 Å². The summed E-state index contributed by atoms with van der Waals surface area (Å²) in [5, 5.41) is 29.3. The van der Waals surface area contributed by atoms with Crippen LogP contribution in [0, 0.1) is 5.41 Å². The zero-order valence-corrected chi connectivity index (χ0v) is 20.3. The van der Waals surface area contributed by atoms with Gasteiger partial charge >= 0.3 is 5.97 Å². The molecule has 1 amide bonds. The maximum Gasteiger partial charge on any atom is 0.328 e. The fraction of sp³-hybridized carbons (Fsp3) is 0.500. The highest BCUT2D eigenvalue weighted by Gasteiger charge is 2.26. The minimum Gasteiger partial charge on any atom is -0.480 e. The molecule has 1 aliphatic rings.